The molecule has 7 heteroatoms. The third-order valence-electron chi connectivity index (χ3n) is 4.03. The molecule has 0 saturated carbocycles. The Morgan fingerprint density at radius 1 is 1.08 bits per heavy atom. The SMILES string of the molecule is Cc1ccc2cccc(-n3c(N)c4c(cc3=O)C(=O)NC4=O)c2n1. The number of aromatic nitrogens is 2. The molecule has 0 saturated heterocycles. The number of rotatable bonds is 1. The summed E-state index contributed by atoms with van der Waals surface area (Å²) in [6.07, 6.45) is 0. The summed E-state index contributed by atoms with van der Waals surface area (Å²) in [5.74, 6) is -1.29. The Hall–Kier alpha value is -3.48. The molecule has 1 aliphatic heterocycles. The lowest BCUT2D eigenvalue weighted by molar-refractivity contribution is 0.0880. The molecule has 0 spiro atoms. The number of nitrogens with one attached hydrogen (secondary N) is 1. The third kappa shape index (κ3) is 1.84. The lowest BCUT2D eigenvalue weighted by Crippen LogP contribution is -2.24. The van der Waals surface area contributed by atoms with Crippen molar-refractivity contribution in [1.82, 2.24) is 14.9 Å². The quantitative estimate of drug-likeness (QED) is 0.654. The molecule has 24 heavy (non-hydrogen) atoms. The highest BCUT2D eigenvalue weighted by molar-refractivity contribution is 6.23. The van der Waals surface area contributed by atoms with Gasteiger partial charge in [-0.2, -0.15) is 0 Å². The molecule has 118 valence electrons. The van der Waals surface area contributed by atoms with E-state index in [0.29, 0.717) is 11.2 Å². The van der Waals surface area contributed by atoms with E-state index in [1.165, 1.54) is 4.57 Å². The van der Waals surface area contributed by atoms with Crippen LogP contribution in [-0.2, 0) is 0 Å². The number of para-hydroxylation sites is 1. The van der Waals surface area contributed by atoms with E-state index in [1.807, 2.05) is 25.1 Å². The van der Waals surface area contributed by atoms with E-state index >= 15 is 0 Å². The number of hydrogen-bond donors (Lipinski definition) is 2. The zero-order valence-corrected chi connectivity index (χ0v) is 12.7. The molecule has 4 rings (SSSR count). The zero-order valence-electron chi connectivity index (χ0n) is 12.7. The monoisotopic (exact) mass is 320 g/mol. The van der Waals surface area contributed by atoms with E-state index in [4.69, 9.17) is 5.73 Å². The van der Waals surface area contributed by atoms with Crippen molar-refractivity contribution in [3.8, 4) is 5.69 Å². The van der Waals surface area contributed by atoms with Gasteiger partial charge in [0.05, 0.1) is 22.3 Å². The van der Waals surface area contributed by atoms with Crippen LogP contribution in [0.3, 0.4) is 0 Å². The van der Waals surface area contributed by atoms with Gasteiger partial charge in [-0.1, -0.05) is 18.2 Å². The molecule has 0 atom stereocenters. The highest BCUT2D eigenvalue weighted by Gasteiger charge is 2.32. The highest BCUT2D eigenvalue weighted by Crippen LogP contribution is 2.26. The van der Waals surface area contributed by atoms with Crippen LogP contribution >= 0.6 is 0 Å². The van der Waals surface area contributed by atoms with Crippen LogP contribution in [0.4, 0.5) is 5.82 Å². The minimum absolute atomic E-state index is 0.00289. The van der Waals surface area contributed by atoms with Gasteiger partial charge in [-0.25, -0.2) is 0 Å². The van der Waals surface area contributed by atoms with Crippen molar-refractivity contribution >= 4 is 28.5 Å². The Bertz CT molecular complexity index is 1110. The summed E-state index contributed by atoms with van der Waals surface area (Å²) in [6.45, 7) is 1.84. The number of nitrogens with zero attached hydrogens (tertiary/aromatic N) is 2. The Morgan fingerprint density at radius 3 is 2.67 bits per heavy atom. The summed E-state index contributed by atoms with van der Waals surface area (Å²) >= 11 is 0. The van der Waals surface area contributed by atoms with Gasteiger partial charge < -0.3 is 5.73 Å². The minimum Gasteiger partial charge on any atom is -0.384 e. The summed E-state index contributed by atoms with van der Waals surface area (Å²) < 4.78 is 1.21. The van der Waals surface area contributed by atoms with E-state index in [1.54, 1.807) is 12.1 Å². The first-order chi connectivity index (χ1) is 11.5. The zero-order chi connectivity index (χ0) is 17.0. The van der Waals surface area contributed by atoms with Gasteiger partial charge in [0.15, 0.2) is 0 Å². The lowest BCUT2D eigenvalue weighted by Gasteiger charge is -2.13. The number of amides is 2. The van der Waals surface area contributed by atoms with Crippen molar-refractivity contribution < 1.29 is 9.59 Å². The van der Waals surface area contributed by atoms with Gasteiger partial charge in [-0.05, 0) is 19.1 Å². The summed E-state index contributed by atoms with van der Waals surface area (Å²) in [4.78, 5) is 40.7. The van der Waals surface area contributed by atoms with Gasteiger partial charge in [-0.15, -0.1) is 0 Å². The smallest absolute Gasteiger partial charge is 0.262 e. The number of carbonyl (C=O) groups excluding carboxylic acids is 2. The van der Waals surface area contributed by atoms with Crippen LogP contribution in [-0.4, -0.2) is 21.4 Å². The fourth-order valence-electron chi connectivity index (χ4n) is 2.94. The molecule has 0 bridgehead atoms. The molecule has 0 aliphatic carbocycles. The number of hydrogen-bond acceptors (Lipinski definition) is 5. The van der Waals surface area contributed by atoms with E-state index in [0.717, 1.165) is 17.1 Å². The summed E-state index contributed by atoms with van der Waals surface area (Å²) in [5.41, 5.74) is 7.45. The van der Waals surface area contributed by atoms with Gasteiger partial charge in [0.25, 0.3) is 17.4 Å². The number of nitrogens with two attached hydrogens (primary N) is 1. The molecule has 7 nitrogen and oxygen atoms in total. The van der Waals surface area contributed by atoms with Gasteiger partial charge in [0.2, 0.25) is 0 Å². The van der Waals surface area contributed by atoms with Crippen LogP contribution in [0.1, 0.15) is 26.4 Å². The van der Waals surface area contributed by atoms with E-state index in [-0.39, 0.29) is 16.9 Å². The highest BCUT2D eigenvalue weighted by atomic mass is 16.2. The number of imide groups is 1. The molecule has 2 aromatic heterocycles. The number of fused-ring (bicyclic) bond motifs is 2. The van der Waals surface area contributed by atoms with E-state index < -0.39 is 17.4 Å². The maximum atomic E-state index is 12.5. The van der Waals surface area contributed by atoms with Crippen LogP contribution in [0.15, 0.2) is 41.2 Å². The number of nitrogen functional groups attached to an aromatic ring is 1. The summed E-state index contributed by atoms with van der Waals surface area (Å²) in [7, 11) is 0. The Balaban J connectivity index is 2.11. The van der Waals surface area contributed by atoms with Gasteiger partial charge in [0, 0.05) is 17.1 Å². The van der Waals surface area contributed by atoms with Crippen LogP contribution in [0.5, 0.6) is 0 Å². The van der Waals surface area contributed by atoms with Crippen molar-refractivity contribution in [2.24, 2.45) is 0 Å². The number of anilines is 1. The molecule has 1 aromatic carbocycles. The first kappa shape index (κ1) is 14.1. The third-order valence-corrected chi connectivity index (χ3v) is 4.03. The predicted octanol–water partition coefficient (Wildman–Crippen LogP) is 1.16. The average molecular weight is 320 g/mol. The molecule has 3 heterocycles. The van der Waals surface area contributed by atoms with Gasteiger partial charge >= 0.3 is 0 Å². The molecule has 3 N–H and O–H groups in total. The number of aryl methyl sites for hydroxylation is 1. The molecule has 0 fully saturated rings. The Morgan fingerprint density at radius 2 is 1.88 bits per heavy atom. The predicted molar refractivity (Wildman–Crippen MR) is 88.3 cm³/mol. The first-order valence-corrected chi connectivity index (χ1v) is 7.25. The summed E-state index contributed by atoms with van der Waals surface area (Å²) in [5, 5.41) is 2.99. The second-order valence-corrected chi connectivity index (χ2v) is 5.58. The average Bonchev–Trinajstić information content (AvgIpc) is 2.82. The van der Waals surface area contributed by atoms with Crippen molar-refractivity contribution in [3.63, 3.8) is 0 Å². The van der Waals surface area contributed by atoms with Crippen molar-refractivity contribution in [3.05, 3.63) is 63.6 Å². The Labute approximate surface area is 135 Å². The first-order valence-electron chi connectivity index (χ1n) is 7.25. The molecule has 1 aliphatic rings. The van der Waals surface area contributed by atoms with Crippen LogP contribution in [0.2, 0.25) is 0 Å². The molecule has 2 amide bonds. The molecule has 0 radical (unpaired) electrons. The second-order valence-electron chi connectivity index (χ2n) is 5.58. The fraction of sp³-hybridized carbons (Fsp3) is 0.0588. The second kappa shape index (κ2) is 4.76. The maximum absolute atomic E-state index is 12.5. The van der Waals surface area contributed by atoms with Crippen molar-refractivity contribution in [1.29, 1.82) is 0 Å². The van der Waals surface area contributed by atoms with E-state index in [9.17, 15) is 14.4 Å². The minimum atomic E-state index is -0.613. The summed E-state index contributed by atoms with van der Waals surface area (Å²) in [6, 6.07) is 10.2. The van der Waals surface area contributed by atoms with Crippen molar-refractivity contribution in [2.75, 3.05) is 5.73 Å². The molecular formula is C17H12N4O3. The fourth-order valence-corrected chi connectivity index (χ4v) is 2.94. The maximum Gasteiger partial charge on any atom is 0.262 e. The van der Waals surface area contributed by atoms with Crippen LogP contribution < -0.4 is 16.6 Å². The lowest BCUT2D eigenvalue weighted by atomic mass is 10.1. The van der Waals surface area contributed by atoms with E-state index in [2.05, 4.69) is 10.3 Å². The van der Waals surface area contributed by atoms with Crippen LogP contribution in [0, 0.1) is 6.92 Å². The standard InChI is InChI=1S/C17H12N4O3/c1-8-5-6-9-3-2-4-11(14(9)19-8)21-12(22)7-10-13(15(21)18)17(24)20-16(10)23/h2-7H,18H2,1H3,(H,20,23,24). The molecule has 0 unspecified atom stereocenters. The number of carbonyl (C=O) groups is 2. The largest absolute Gasteiger partial charge is 0.384 e. The van der Waals surface area contributed by atoms with Gasteiger partial charge in [-0.3, -0.25) is 29.3 Å². The van der Waals surface area contributed by atoms with Gasteiger partial charge in [0.1, 0.15) is 5.82 Å². The molecular weight excluding hydrogens is 308 g/mol. The Kier molecular flexibility index (Phi) is 2.80. The normalized spacial score (nSPS) is 13.2. The van der Waals surface area contributed by atoms with Crippen LogP contribution in [0.25, 0.3) is 16.6 Å². The topological polar surface area (TPSA) is 107 Å². The van der Waals surface area contributed by atoms with Crippen molar-refractivity contribution in [2.45, 2.75) is 6.92 Å². The molecule has 3 aromatic rings. The number of benzene rings is 1. The number of pyridine rings is 2.